The Morgan fingerprint density at radius 1 is 1.19 bits per heavy atom. The standard InChI is InChI=1S/C15H22O/c1-5-13(6-2)10-15(16)14-8-7-11(3)9-12(14)4/h7-9,13H,5-6,10H2,1-4H3. The Morgan fingerprint density at radius 3 is 2.31 bits per heavy atom. The van der Waals surface area contributed by atoms with Crippen LogP contribution < -0.4 is 0 Å². The van der Waals surface area contributed by atoms with E-state index in [9.17, 15) is 4.79 Å². The molecule has 1 aromatic rings. The molecule has 0 saturated carbocycles. The Bertz CT molecular complexity index is 362. The van der Waals surface area contributed by atoms with Crippen molar-refractivity contribution < 1.29 is 4.79 Å². The van der Waals surface area contributed by atoms with E-state index in [0.717, 1.165) is 24.0 Å². The fourth-order valence-corrected chi connectivity index (χ4v) is 2.08. The molecule has 0 amide bonds. The van der Waals surface area contributed by atoms with Crippen molar-refractivity contribution in [3.8, 4) is 0 Å². The van der Waals surface area contributed by atoms with Crippen molar-refractivity contribution in [3.05, 3.63) is 34.9 Å². The fraction of sp³-hybridized carbons (Fsp3) is 0.533. The largest absolute Gasteiger partial charge is 0.294 e. The quantitative estimate of drug-likeness (QED) is 0.673. The molecule has 0 aromatic heterocycles. The van der Waals surface area contributed by atoms with E-state index in [2.05, 4.69) is 26.8 Å². The van der Waals surface area contributed by atoms with Crippen LogP contribution in [-0.4, -0.2) is 5.78 Å². The van der Waals surface area contributed by atoms with Crippen LogP contribution in [-0.2, 0) is 0 Å². The summed E-state index contributed by atoms with van der Waals surface area (Å²) < 4.78 is 0. The number of rotatable bonds is 5. The minimum atomic E-state index is 0.297. The zero-order chi connectivity index (χ0) is 12.1. The molecule has 0 heterocycles. The molecule has 0 aliphatic carbocycles. The highest BCUT2D eigenvalue weighted by Crippen LogP contribution is 2.19. The molecule has 0 saturated heterocycles. The van der Waals surface area contributed by atoms with Gasteiger partial charge in [-0.05, 0) is 25.3 Å². The van der Waals surface area contributed by atoms with E-state index in [1.165, 1.54) is 5.56 Å². The van der Waals surface area contributed by atoms with Gasteiger partial charge in [0, 0.05) is 12.0 Å². The highest BCUT2D eigenvalue weighted by atomic mass is 16.1. The number of hydrogen-bond donors (Lipinski definition) is 0. The first-order valence-corrected chi connectivity index (χ1v) is 6.18. The lowest BCUT2D eigenvalue weighted by Crippen LogP contribution is -2.09. The predicted octanol–water partition coefficient (Wildman–Crippen LogP) is 4.31. The zero-order valence-electron chi connectivity index (χ0n) is 10.8. The van der Waals surface area contributed by atoms with E-state index in [1.807, 2.05) is 19.1 Å². The average Bonchev–Trinajstić information content (AvgIpc) is 2.25. The normalized spacial score (nSPS) is 10.8. The maximum atomic E-state index is 12.1. The first-order valence-electron chi connectivity index (χ1n) is 6.18. The van der Waals surface area contributed by atoms with Crippen molar-refractivity contribution in [1.82, 2.24) is 0 Å². The third kappa shape index (κ3) is 3.19. The molecule has 0 N–H and O–H groups in total. The summed E-state index contributed by atoms with van der Waals surface area (Å²) in [5.74, 6) is 0.833. The van der Waals surface area contributed by atoms with E-state index >= 15 is 0 Å². The Morgan fingerprint density at radius 2 is 1.81 bits per heavy atom. The molecular weight excluding hydrogens is 196 g/mol. The third-order valence-corrected chi connectivity index (χ3v) is 3.31. The summed E-state index contributed by atoms with van der Waals surface area (Å²) in [5.41, 5.74) is 3.23. The lowest BCUT2D eigenvalue weighted by atomic mass is 9.92. The van der Waals surface area contributed by atoms with E-state index in [1.54, 1.807) is 0 Å². The number of benzene rings is 1. The molecule has 0 atom stereocenters. The Labute approximate surface area is 98.9 Å². The monoisotopic (exact) mass is 218 g/mol. The highest BCUT2D eigenvalue weighted by Gasteiger charge is 2.13. The predicted molar refractivity (Wildman–Crippen MR) is 68.9 cm³/mol. The van der Waals surface area contributed by atoms with Gasteiger partial charge in [0.2, 0.25) is 0 Å². The maximum Gasteiger partial charge on any atom is 0.163 e. The van der Waals surface area contributed by atoms with Gasteiger partial charge in [-0.3, -0.25) is 4.79 Å². The summed E-state index contributed by atoms with van der Waals surface area (Å²) in [6.45, 7) is 8.39. The van der Waals surface area contributed by atoms with Crippen molar-refractivity contribution >= 4 is 5.78 Å². The summed E-state index contributed by atoms with van der Waals surface area (Å²) >= 11 is 0. The molecule has 0 unspecified atom stereocenters. The van der Waals surface area contributed by atoms with Gasteiger partial charge in [-0.25, -0.2) is 0 Å². The van der Waals surface area contributed by atoms with E-state index in [-0.39, 0.29) is 0 Å². The van der Waals surface area contributed by atoms with Gasteiger partial charge < -0.3 is 0 Å². The fourth-order valence-electron chi connectivity index (χ4n) is 2.08. The van der Waals surface area contributed by atoms with Gasteiger partial charge in [0.05, 0.1) is 0 Å². The molecule has 0 aliphatic heterocycles. The van der Waals surface area contributed by atoms with Crippen LogP contribution in [0.5, 0.6) is 0 Å². The van der Waals surface area contributed by atoms with Crippen molar-refractivity contribution in [2.45, 2.75) is 47.0 Å². The SMILES string of the molecule is CCC(CC)CC(=O)c1ccc(C)cc1C. The molecular formula is C15H22O. The Hall–Kier alpha value is -1.11. The van der Waals surface area contributed by atoms with Crippen LogP contribution in [0.2, 0.25) is 0 Å². The molecule has 1 rings (SSSR count). The topological polar surface area (TPSA) is 17.1 Å². The number of hydrogen-bond acceptors (Lipinski definition) is 1. The molecule has 16 heavy (non-hydrogen) atoms. The second-order valence-electron chi connectivity index (χ2n) is 4.63. The average molecular weight is 218 g/mol. The van der Waals surface area contributed by atoms with Gasteiger partial charge >= 0.3 is 0 Å². The Kier molecular flexibility index (Phi) is 4.72. The van der Waals surface area contributed by atoms with Crippen LogP contribution in [0, 0.1) is 19.8 Å². The van der Waals surface area contributed by atoms with Crippen molar-refractivity contribution in [1.29, 1.82) is 0 Å². The van der Waals surface area contributed by atoms with Crippen LogP contribution >= 0.6 is 0 Å². The highest BCUT2D eigenvalue weighted by molar-refractivity contribution is 5.97. The van der Waals surface area contributed by atoms with E-state index in [4.69, 9.17) is 0 Å². The minimum absolute atomic E-state index is 0.297. The molecule has 0 bridgehead atoms. The lowest BCUT2D eigenvalue weighted by Gasteiger charge is -2.12. The number of aryl methyl sites for hydroxylation is 2. The summed E-state index contributed by atoms with van der Waals surface area (Å²) in [4.78, 5) is 12.1. The number of carbonyl (C=O) groups is 1. The molecule has 1 aromatic carbocycles. The first-order chi connectivity index (χ1) is 7.58. The van der Waals surface area contributed by atoms with Crippen LogP contribution in [0.15, 0.2) is 18.2 Å². The molecule has 88 valence electrons. The minimum Gasteiger partial charge on any atom is -0.294 e. The second kappa shape index (κ2) is 5.83. The first kappa shape index (κ1) is 13.0. The Balaban J connectivity index is 2.80. The van der Waals surface area contributed by atoms with Gasteiger partial charge in [0.15, 0.2) is 5.78 Å². The maximum absolute atomic E-state index is 12.1. The molecule has 1 heteroatoms. The van der Waals surface area contributed by atoms with Crippen molar-refractivity contribution in [2.75, 3.05) is 0 Å². The summed E-state index contributed by atoms with van der Waals surface area (Å²) in [6, 6.07) is 6.07. The van der Waals surface area contributed by atoms with E-state index in [0.29, 0.717) is 18.1 Å². The van der Waals surface area contributed by atoms with E-state index < -0.39 is 0 Å². The molecule has 1 nitrogen and oxygen atoms in total. The lowest BCUT2D eigenvalue weighted by molar-refractivity contribution is 0.0958. The van der Waals surface area contributed by atoms with Gasteiger partial charge in [0.1, 0.15) is 0 Å². The summed E-state index contributed by atoms with van der Waals surface area (Å²) in [6.07, 6.45) is 2.87. The molecule has 0 aliphatic rings. The third-order valence-electron chi connectivity index (χ3n) is 3.31. The van der Waals surface area contributed by atoms with Crippen LogP contribution in [0.3, 0.4) is 0 Å². The number of ketones is 1. The van der Waals surface area contributed by atoms with Crippen LogP contribution in [0.25, 0.3) is 0 Å². The number of carbonyl (C=O) groups excluding carboxylic acids is 1. The van der Waals surface area contributed by atoms with Gasteiger partial charge in [-0.1, -0.05) is 50.5 Å². The van der Waals surface area contributed by atoms with Crippen LogP contribution in [0.1, 0.15) is 54.6 Å². The molecule has 0 fully saturated rings. The van der Waals surface area contributed by atoms with Crippen LogP contribution in [0.4, 0.5) is 0 Å². The zero-order valence-corrected chi connectivity index (χ0v) is 10.8. The van der Waals surface area contributed by atoms with Crippen molar-refractivity contribution in [2.24, 2.45) is 5.92 Å². The smallest absolute Gasteiger partial charge is 0.163 e. The number of Topliss-reactive ketones (excluding diaryl/α,β-unsaturated/α-hetero) is 1. The van der Waals surface area contributed by atoms with Gasteiger partial charge in [-0.15, -0.1) is 0 Å². The van der Waals surface area contributed by atoms with Crippen molar-refractivity contribution in [3.63, 3.8) is 0 Å². The molecule has 0 radical (unpaired) electrons. The summed E-state index contributed by atoms with van der Waals surface area (Å²) in [5, 5.41) is 0. The molecule has 0 spiro atoms. The van der Waals surface area contributed by atoms with Gasteiger partial charge in [-0.2, -0.15) is 0 Å². The second-order valence-corrected chi connectivity index (χ2v) is 4.63. The summed E-state index contributed by atoms with van der Waals surface area (Å²) in [7, 11) is 0. The van der Waals surface area contributed by atoms with Gasteiger partial charge in [0.25, 0.3) is 0 Å².